The van der Waals surface area contributed by atoms with Gasteiger partial charge in [0.05, 0.1) is 22.3 Å². The zero-order valence-corrected chi connectivity index (χ0v) is 31.8. The maximum Gasteiger partial charge on any atom is 0.160 e. The van der Waals surface area contributed by atoms with E-state index in [2.05, 4.69) is 160 Å². The van der Waals surface area contributed by atoms with Gasteiger partial charge >= 0.3 is 0 Å². The highest BCUT2D eigenvalue weighted by Crippen LogP contribution is 2.46. The van der Waals surface area contributed by atoms with Gasteiger partial charge < -0.3 is 8.98 Å². The van der Waals surface area contributed by atoms with Gasteiger partial charge in [-0.25, -0.2) is 0 Å². The third-order valence-electron chi connectivity index (χ3n) is 10.3. The Morgan fingerprint density at radius 3 is 1.62 bits per heavy atom. The molecule has 0 unspecified atom stereocenters. The number of nitrogens with zero attached hydrogens (tertiary/aromatic N) is 3. The van der Waals surface area contributed by atoms with Gasteiger partial charge in [-0.3, -0.25) is 4.98 Å². The van der Waals surface area contributed by atoms with Gasteiger partial charge in [0.1, 0.15) is 17.3 Å². The van der Waals surface area contributed by atoms with Crippen LogP contribution >= 0.6 is 0 Å². The summed E-state index contributed by atoms with van der Waals surface area (Å²) in [6.07, 6.45) is 1.98. The smallest absolute Gasteiger partial charge is 0.160 e. The number of aromatic nitrogens is 2. The molecule has 0 N–H and O–H groups in total. The van der Waals surface area contributed by atoms with E-state index in [1.54, 1.807) is 0 Å². The van der Waals surface area contributed by atoms with Crippen molar-refractivity contribution in [1.29, 1.82) is 5.26 Å². The van der Waals surface area contributed by atoms with Crippen molar-refractivity contribution >= 4 is 43.7 Å². The van der Waals surface area contributed by atoms with Crippen LogP contribution in [0, 0.1) is 11.3 Å². The molecule has 0 saturated carbocycles. The van der Waals surface area contributed by atoms with Crippen LogP contribution in [0.25, 0.3) is 60.7 Å². The molecule has 0 aliphatic heterocycles. The number of nitriles is 1. The van der Waals surface area contributed by atoms with Gasteiger partial charge in [0.25, 0.3) is 0 Å². The molecule has 0 bridgehead atoms. The predicted octanol–water partition coefficient (Wildman–Crippen LogP) is 12.8. The molecule has 254 valence electrons. The van der Waals surface area contributed by atoms with Crippen LogP contribution in [-0.2, 0) is 21.7 Å². The maximum absolute atomic E-state index is 10.7. The molecule has 50 heavy (non-hydrogen) atoms. The first kappa shape index (κ1) is 33.6. The molecular formula is C46H49N3O. The van der Waals surface area contributed by atoms with Gasteiger partial charge in [-0.15, -0.1) is 0 Å². The minimum absolute atomic E-state index is 0.00249. The van der Waals surface area contributed by atoms with E-state index in [9.17, 15) is 5.26 Å². The van der Waals surface area contributed by atoms with Crippen molar-refractivity contribution in [3.63, 3.8) is 0 Å². The highest BCUT2D eigenvalue weighted by atomic mass is 16.3. The van der Waals surface area contributed by atoms with Gasteiger partial charge in [-0.1, -0.05) is 107 Å². The van der Waals surface area contributed by atoms with E-state index in [0.717, 1.165) is 44.3 Å². The number of benzene rings is 4. The first-order valence-electron chi connectivity index (χ1n) is 17.8. The summed E-state index contributed by atoms with van der Waals surface area (Å²) in [4.78, 5) is 4.95. The standard InChI is InChI=1S/C46H49N3O/c1-43(2,3)28-15-21-37-33(23-28)34-24-29(44(4,5)6)16-22-38(34)49(37)40-27(25-47)13-17-32-39-35(46(10,11)12)19-18-31(41(39)50-42(32)40)36-20-14-30(26-48-36)45(7,8)9/h13-24,26H,1-12H3. The summed E-state index contributed by atoms with van der Waals surface area (Å²) in [6.45, 7) is 26.9. The molecule has 0 atom stereocenters. The third kappa shape index (κ3) is 5.39. The average Bonchev–Trinajstić information content (AvgIpc) is 3.58. The number of pyridine rings is 1. The molecule has 0 fully saturated rings. The first-order valence-corrected chi connectivity index (χ1v) is 17.8. The maximum atomic E-state index is 10.7. The summed E-state index contributed by atoms with van der Waals surface area (Å²) < 4.78 is 9.37. The molecule has 7 rings (SSSR count). The lowest BCUT2D eigenvalue weighted by Gasteiger charge is -2.21. The number of hydrogen-bond acceptors (Lipinski definition) is 3. The highest BCUT2D eigenvalue weighted by molar-refractivity contribution is 6.16. The van der Waals surface area contributed by atoms with E-state index in [-0.39, 0.29) is 21.7 Å². The largest absolute Gasteiger partial charge is 0.453 e. The van der Waals surface area contributed by atoms with E-state index in [0.29, 0.717) is 11.1 Å². The average molecular weight is 660 g/mol. The zero-order valence-electron chi connectivity index (χ0n) is 31.8. The zero-order chi connectivity index (χ0) is 36.1. The monoisotopic (exact) mass is 659 g/mol. The normalized spacial score (nSPS) is 13.2. The van der Waals surface area contributed by atoms with E-state index < -0.39 is 0 Å². The summed E-state index contributed by atoms with van der Waals surface area (Å²) in [5.41, 5.74) is 11.5. The fourth-order valence-electron chi connectivity index (χ4n) is 7.26. The Morgan fingerprint density at radius 1 is 0.580 bits per heavy atom. The van der Waals surface area contributed by atoms with Crippen LogP contribution < -0.4 is 0 Å². The highest BCUT2D eigenvalue weighted by Gasteiger charge is 2.28. The fraction of sp³-hybridized carbons (Fsp3) is 0.348. The van der Waals surface area contributed by atoms with Crippen LogP contribution in [0.5, 0.6) is 0 Å². The molecule has 0 amide bonds. The summed E-state index contributed by atoms with van der Waals surface area (Å²) in [7, 11) is 0. The first-order chi connectivity index (χ1) is 23.3. The van der Waals surface area contributed by atoms with Crippen molar-refractivity contribution in [2.24, 2.45) is 0 Å². The minimum atomic E-state index is -0.148. The van der Waals surface area contributed by atoms with Crippen molar-refractivity contribution in [3.8, 4) is 23.0 Å². The van der Waals surface area contributed by atoms with Crippen LogP contribution in [-0.4, -0.2) is 9.55 Å². The van der Waals surface area contributed by atoms with Crippen molar-refractivity contribution in [2.75, 3.05) is 0 Å². The minimum Gasteiger partial charge on any atom is -0.453 e. The number of fused-ring (bicyclic) bond motifs is 6. The molecule has 4 heteroatoms. The van der Waals surface area contributed by atoms with Gasteiger partial charge in [0.15, 0.2) is 5.58 Å². The molecule has 0 aliphatic rings. The Labute approximate surface area is 296 Å². The summed E-state index contributed by atoms with van der Waals surface area (Å²) in [5, 5.41) is 15.1. The number of furan rings is 1. The van der Waals surface area contributed by atoms with Gasteiger partial charge in [-0.2, -0.15) is 5.26 Å². The molecule has 4 nitrogen and oxygen atoms in total. The second-order valence-electron chi connectivity index (χ2n) is 18.1. The van der Waals surface area contributed by atoms with Crippen LogP contribution in [0.1, 0.15) is 111 Å². The van der Waals surface area contributed by atoms with Crippen LogP contribution in [0.15, 0.2) is 83.4 Å². The predicted molar refractivity (Wildman–Crippen MR) is 211 cm³/mol. The second-order valence-corrected chi connectivity index (χ2v) is 18.1. The summed E-state index contributed by atoms with van der Waals surface area (Å²) in [5.74, 6) is 0. The van der Waals surface area contributed by atoms with Gasteiger partial charge in [-0.05, 0) is 92.4 Å². The van der Waals surface area contributed by atoms with Gasteiger partial charge in [0.2, 0.25) is 0 Å². The van der Waals surface area contributed by atoms with Gasteiger partial charge in [0, 0.05) is 33.3 Å². The topological polar surface area (TPSA) is 54.8 Å². The van der Waals surface area contributed by atoms with Crippen molar-refractivity contribution in [3.05, 3.63) is 107 Å². The van der Waals surface area contributed by atoms with E-state index in [1.807, 2.05) is 12.3 Å². The lowest BCUT2D eigenvalue weighted by atomic mass is 9.83. The number of hydrogen-bond donors (Lipinski definition) is 0. The Balaban J connectivity index is 1.62. The van der Waals surface area contributed by atoms with E-state index in [1.165, 1.54) is 33.0 Å². The molecule has 0 radical (unpaired) electrons. The van der Waals surface area contributed by atoms with Crippen molar-refractivity contribution in [1.82, 2.24) is 9.55 Å². The van der Waals surface area contributed by atoms with Crippen LogP contribution in [0.3, 0.4) is 0 Å². The Bertz CT molecular complexity index is 2430. The SMILES string of the molecule is CC(C)(C)c1ccc(-c2ccc(C(C)(C)C)c3c2oc2c(-n4c5ccc(C(C)(C)C)cc5c5cc(C(C)(C)C)ccc54)c(C#N)ccc23)nc1. The quantitative estimate of drug-likeness (QED) is 0.186. The Morgan fingerprint density at radius 2 is 1.14 bits per heavy atom. The molecule has 0 aliphatic carbocycles. The van der Waals surface area contributed by atoms with Crippen molar-refractivity contribution in [2.45, 2.75) is 105 Å². The Kier molecular flexibility index (Phi) is 7.43. The van der Waals surface area contributed by atoms with Crippen LogP contribution in [0.2, 0.25) is 0 Å². The molecule has 3 aromatic heterocycles. The van der Waals surface area contributed by atoms with E-state index in [4.69, 9.17) is 9.40 Å². The second kappa shape index (κ2) is 11.1. The molecule has 4 aromatic carbocycles. The van der Waals surface area contributed by atoms with Crippen LogP contribution in [0.4, 0.5) is 0 Å². The molecule has 7 aromatic rings. The molecule has 3 heterocycles. The van der Waals surface area contributed by atoms with Crippen molar-refractivity contribution < 1.29 is 4.42 Å². The Hall–Kier alpha value is -4.88. The molecule has 0 saturated heterocycles. The van der Waals surface area contributed by atoms with E-state index >= 15 is 0 Å². The number of rotatable bonds is 2. The summed E-state index contributed by atoms with van der Waals surface area (Å²) in [6, 6.07) is 28.8. The lowest BCUT2D eigenvalue weighted by molar-refractivity contribution is 0.587. The summed E-state index contributed by atoms with van der Waals surface area (Å²) >= 11 is 0. The fourth-order valence-corrected chi connectivity index (χ4v) is 7.26. The molecular weight excluding hydrogens is 611 g/mol. The lowest BCUT2D eigenvalue weighted by Crippen LogP contribution is -2.12. The third-order valence-corrected chi connectivity index (χ3v) is 10.3. The molecule has 0 spiro atoms.